The van der Waals surface area contributed by atoms with Gasteiger partial charge in [-0.25, -0.2) is 13.6 Å². The van der Waals surface area contributed by atoms with Crippen molar-refractivity contribution in [2.75, 3.05) is 31.1 Å². The minimum atomic E-state index is -0.384. The molecule has 5 aromatic rings. The lowest BCUT2D eigenvalue weighted by molar-refractivity contribution is 0.0744. The van der Waals surface area contributed by atoms with Gasteiger partial charge in [-0.2, -0.15) is 5.10 Å². The van der Waals surface area contributed by atoms with Crippen LogP contribution in [0.2, 0.25) is 0 Å². The first kappa shape index (κ1) is 21.7. The Hall–Kier alpha value is -4.81. The van der Waals surface area contributed by atoms with Crippen LogP contribution in [0.4, 0.5) is 10.4 Å². The largest absolute Gasteiger partial charge is 0.403 e. The Morgan fingerprint density at radius 3 is 2.75 bits per heavy atom. The molecule has 5 heterocycles. The Kier molecular flexibility index (Phi) is 5.09. The molecule has 1 amide bonds. The third-order valence-corrected chi connectivity index (χ3v) is 6.15. The van der Waals surface area contributed by atoms with Crippen LogP contribution in [-0.4, -0.2) is 71.6 Å². The maximum absolute atomic E-state index is 13.5. The molecule has 1 fully saturated rings. The average Bonchev–Trinajstić information content (AvgIpc) is 3.64. The Morgan fingerprint density at radius 2 is 1.94 bits per heavy atom. The minimum absolute atomic E-state index is 0.172. The summed E-state index contributed by atoms with van der Waals surface area (Å²) in [5, 5.41) is 16.8. The second-order valence-electron chi connectivity index (χ2n) is 8.35. The summed E-state index contributed by atoms with van der Waals surface area (Å²) < 4.78 is 22.1. The molecule has 36 heavy (non-hydrogen) atoms. The van der Waals surface area contributed by atoms with E-state index in [0.29, 0.717) is 54.5 Å². The van der Waals surface area contributed by atoms with Crippen LogP contribution in [-0.2, 0) is 0 Å². The van der Waals surface area contributed by atoms with E-state index in [9.17, 15) is 14.0 Å². The van der Waals surface area contributed by atoms with Crippen molar-refractivity contribution in [3.8, 4) is 17.4 Å². The van der Waals surface area contributed by atoms with Crippen LogP contribution in [0, 0.1) is 12.7 Å². The quantitative estimate of drug-likeness (QED) is 0.404. The zero-order valence-electron chi connectivity index (χ0n) is 19.1. The van der Waals surface area contributed by atoms with Crippen LogP contribution < -0.4 is 10.5 Å². The van der Waals surface area contributed by atoms with E-state index in [-0.39, 0.29) is 29.1 Å². The number of amides is 1. The number of nitrogens with zero attached hydrogens (tertiary/aromatic N) is 8. The van der Waals surface area contributed by atoms with E-state index in [0.717, 1.165) is 0 Å². The zero-order chi connectivity index (χ0) is 24.8. The van der Waals surface area contributed by atoms with Gasteiger partial charge >= 0.3 is 6.01 Å². The van der Waals surface area contributed by atoms with E-state index in [4.69, 9.17) is 4.42 Å². The third kappa shape index (κ3) is 3.70. The van der Waals surface area contributed by atoms with Gasteiger partial charge in [0.15, 0.2) is 0 Å². The molecule has 1 N–H and O–H groups in total. The van der Waals surface area contributed by atoms with Crippen molar-refractivity contribution in [2.24, 2.45) is 0 Å². The van der Waals surface area contributed by atoms with E-state index in [1.54, 1.807) is 42.3 Å². The van der Waals surface area contributed by atoms with E-state index in [1.807, 2.05) is 4.90 Å². The average molecular weight is 489 g/mol. The van der Waals surface area contributed by atoms with Crippen molar-refractivity contribution in [2.45, 2.75) is 6.92 Å². The molecular formula is C23H20FN9O3. The van der Waals surface area contributed by atoms with Crippen molar-refractivity contribution in [3.63, 3.8) is 0 Å². The number of H-pyrrole nitrogens is 1. The molecule has 0 spiro atoms. The number of fused-ring (bicyclic) bond motifs is 1. The number of aromatic nitrogens is 7. The van der Waals surface area contributed by atoms with Crippen LogP contribution in [0.1, 0.15) is 16.1 Å². The van der Waals surface area contributed by atoms with Crippen molar-refractivity contribution in [3.05, 3.63) is 76.2 Å². The monoisotopic (exact) mass is 489 g/mol. The number of hydrogen-bond donors (Lipinski definition) is 1. The minimum Gasteiger partial charge on any atom is -0.403 e. The standard InChI is InChI=1S/C23H20FN9O3/c1-14-17(13-25-33(14)22-26-19(34)18-6-3-7-32(18)29-22)21(35)30-8-10-31(11-9-30)23-28-27-20(36-23)15-4-2-5-16(24)12-15/h2-7,12-13H,8-11H2,1H3,(H,26,29,34). The van der Waals surface area contributed by atoms with Crippen LogP contribution in [0.25, 0.3) is 22.9 Å². The highest BCUT2D eigenvalue weighted by atomic mass is 19.1. The van der Waals surface area contributed by atoms with Gasteiger partial charge in [0.1, 0.15) is 11.3 Å². The Balaban J connectivity index is 1.16. The molecule has 0 radical (unpaired) electrons. The SMILES string of the molecule is Cc1c(C(=O)N2CCN(c3nnc(-c4cccc(F)c4)o3)CC2)cnn1-c1nn2cccc2c(=O)[nH]1. The van der Waals surface area contributed by atoms with Crippen LogP contribution >= 0.6 is 0 Å². The maximum Gasteiger partial charge on any atom is 0.318 e. The summed E-state index contributed by atoms with van der Waals surface area (Å²) in [7, 11) is 0. The second kappa shape index (κ2) is 8.45. The van der Waals surface area contributed by atoms with Gasteiger partial charge < -0.3 is 14.2 Å². The molecule has 0 atom stereocenters. The zero-order valence-corrected chi connectivity index (χ0v) is 19.1. The number of aromatic amines is 1. The molecule has 1 saturated heterocycles. The fourth-order valence-electron chi connectivity index (χ4n) is 4.21. The van der Waals surface area contributed by atoms with Crippen LogP contribution in [0.5, 0.6) is 0 Å². The van der Waals surface area contributed by atoms with Crippen molar-refractivity contribution in [1.29, 1.82) is 0 Å². The van der Waals surface area contributed by atoms with Gasteiger partial charge in [0.25, 0.3) is 11.5 Å². The molecule has 1 aliphatic rings. The summed E-state index contributed by atoms with van der Waals surface area (Å²) in [5.74, 6) is -0.106. The van der Waals surface area contributed by atoms with Gasteiger partial charge in [0.2, 0.25) is 11.8 Å². The number of benzene rings is 1. The Labute approximate surface area is 202 Å². The van der Waals surface area contributed by atoms with Gasteiger partial charge in [-0.3, -0.25) is 14.6 Å². The summed E-state index contributed by atoms with van der Waals surface area (Å²) in [6.45, 7) is 3.60. The molecule has 0 saturated carbocycles. The number of hydrogen-bond acceptors (Lipinski definition) is 8. The predicted octanol–water partition coefficient (Wildman–Crippen LogP) is 1.67. The Morgan fingerprint density at radius 1 is 1.11 bits per heavy atom. The van der Waals surface area contributed by atoms with Crippen LogP contribution in [0.3, 0.4) is 0 Å². The van der Waals surface area contributed by atoms with Crippen molar-refractivity contribution >= 4 is 17.4 Å². The molecule has 6 rings (SSSR count). The van der Waals surface area contributed by atoms with E-state index in [2.05, 4.69) is 25.4 Å². The number of piperazine rings is 1. The highest BCUT2D eigenvalue weighted by Gasteiger charge is 2.27. The number of halogens is 1. The van der Waals surface area contributed by atoms with E-state index in [1.165, 1.54) is 27.5 Å². The first-order valence-electron chi connectivity index (χ1n) is 11.2. The molecule has 13 heteroatoms. The lowest BCUT2D eigenvalue weighted by Gasteiger charge is -2.33. The maximum atomic E-state index is 13.5. The molecule has 0 aliphatic carbocycles. The van der Waals surface area contributed by atoms with Crippen LogP contribution in [0.15, 0.2) is 58.0 Å². The number of rotatable bonds is 4. The fourth-order valence-corrected chi connectivity index (χ4v) is 4.21. The summed E-state index contributed by atoms with van der Waals surface area (Å²) >= 11 is 0. The smallest absolute Gasteiger partial charge is 0.318 e. The lowest BCUT2D eigenvalue weighted by atomic mass is 10.2. The number of nitrogens with one attached hydrogen (secondary N) is 1. The van der Waals surface area contributed by atoms with Gasteiger partial charge in [0.05, 0.1) is 17.5 Å². The molecule has 12 nitrogen and oxygen atoms in total. The van der Waals surface area contributed by atoms with Gasteiger partial charge in [-0.15, -0.1) is 10.2 Å². The summed E-state index contributed by atoms with van der Waals surface area (Å²) in [4.78, 5) is 31.9. The van der Waals surface area contributed by atoms with Crippen molar-refractivity contribution in [1.82, 2.24) is 39.5 Å². The number of carbonyl (C=O) groups is 1. The highest BCUT2D eigenvalue weighted by molar-refractivity contribution is 5.95. The van der Waals surface area contributed by atoms with E-state index < -0.39 is 0 Å². The van der Waals surface area contributed by atoms with Gasteiger partial charge in [-0.1, -0.05) is 11.2 Å². The first-order valence-corrected chi connectivity index (χ1v) is 11.2. The fraction of sp³-hybridized carbons (Fsp3) is 0.217. The molecule has 0 unspecified atom stereocenters. The second-order valence-corrected chi connectivity index (χ2v) is 8.35. The normalized spacial score (nSPS) is 14.1. The molecule has 1 aromatic carbocycles. The first-order chi connectivity index (χ1) is 17.5. The Bertz CT molecular complexity index is 1640. The van der Waals surface area contributed by atoms with Gasteiger partial charge in [0, 0.05) is 37.9 Å². The summed E-state index contributed by atoms with van der Waals surface area (Å²) in [5.41, 5.74) is 1.60. The molecular weight excluding hydrogens is 469 g/mol. The molecule has 0 bridgehead atoms. The number of anilines is 1. The predicted molar refractivity (Wildman–Crippen MR) is 125 cm³/mol. The summed E-state index contributed by atoms with van der Waals surface area (Å²) in [6.07, 6.45) is 3.15. The van der Waals surface area contributed by atoms with E-state index >= 15 is 0 Å². The molecule has 4 aromatic heterocycles. The van der Waals surface area contributed by atoms with Gasteiger partial charge in [-0.05, 0) is 37.3 Å². The number of carbonyl (C=O) groups excluding carboxylic acids is 1. The highest BCUT2D eigenvalue weighted by Crippen LogP contribution is 2.24. The van der Waals surface area contributed by atoms with Crippen molar-refractivity contribution < 1.29 is 13.6 Å². The topological polar surface area (TPSA) is 130 Å². The molecule has 1 aliphatic heterocycles. The third-order valence-electron chi connectivity index (χ3n) is 6.15. The summed E-state index contributed by atoms with van der Waals surface area (Å²) in [6, 6.07) is 9.66. The lowest BCUT2D eigenvalue weighted by Crippen LogP contribution is -2.49. The molecule has 182 valence electrons.